The van der Waals surface area contributed by atoms with Crippen LogP contribution in [-0.2, 0) is 36.5 Å². The third-order valence-corrected chi connectivity index (χ3v) is 6.86. The summed E-state index contributed by atoms with van der Waals surface area (Å²) in [5.74, 6) is 0. The molecule has 2 aliphatic rings. The van der Waals surface area contributed by atoms with Crippen molar-refractivity contribution in [3.8, 4) is 0 Å². The van der Waals surface area contributed by atoms with Crippen molar-refractivity contribution in [2.75, 3.05) is 12.0 Å². The van der Waals surface area contributed by atoms with Gasteiger partial charge in [0.05, 0.1) is 30.0 Å². The first-order valence-electron chi connectivity index (χ1n) is 11.5. The molecule has 0 spiro atoms. The zero-order chi connectivity index (χ0) is 27.3. The van der Waals surface area contributed by atoms with Gasteiger partial charge >= 0.3 is 24.5 Å². The minimum Gasteiger partial charge on any atom is -0.465 e. The van der Waals surface area contributed by atoms with E-state index in [2.05, 4.69) is 0 Å². The minimum atomic E-state index is -5.04. The highest BCUT2D eigenvalue weighted by atomic mass is 19.4. The summed E-state index contributed by atoms with van der Waals surface area (Å²) in [6, 6.07) is 3.23. The third kappa shape index (κ3) is 5.19. The maximum Gasteiger partial charge on any atom is 0.416 e. The van der Waals surface area contributed by atoms with Crippen molar-refractivity contribution in [3.05, 3.63) is 63.7 Å². The lowest BCUT2D eigenvalue weighted by atomic mass is 9.88. The fraction of sp³-hybridized carbons (Fsp3) is 0.440. The number of fused-ring (bicyclic) bond motifs is 2. The first-order valence-corrected chi connectivity index (χ1v) is 11.5. The smallest absolute Gasteiger partial charge is 0.416 e. The fourth-order valence-electron chi connectivity index (χ4n) is 5.21. The van der Waals surface area contributed by atoms with Crippen LogP contribution in [0.5, 0.6) is 0 Å². The molecule has 0 saturated heterocycles. The van der Waals surface area contributed by atoms with Crippen LogP contribution in [0.25, 0.3) is 0 Å². The Morgan fingerprint density at radius 3 is 2.08 bits per heavy atom. The predicted molar refractivity (Wildman–Crippen MR) is 120 cm³/mol. The molecule has 0 radical (unpaired) electrons. The van der Waals surface area contributed by atoms with Gasteiger partial charge in [-0.2, -0.15) is 26.3 Å². The number of amides is 2. The highest BCUT2D eigenvalue weighted by molar-refractivity contribution is 5.89. The molecule has 2 atom stereocenters. The van der Waals surface area contributed by atoms with Crippen molar-refractivity contribution in [1.82, 2.24) is 4.90 Å². The van der Waals surface area contributed by atoms with Gasteiger partial charge in [-0.25, -0.2) is 9.59 Å². The van der Waals surface area contributed by atoms with Crippen molar-refractivity contribution in [3.63, 3.8) is 0 Å². The zero-order valence-electron chi connectivity index (χ0n) is 19.9. The van der Waals surface area contributed by atoms with Gasteiger partial charge in [-0.3, -0.25) is 9.80 Å². The van der Waals surface area contributed by atoms with Crippen molar-refractivity contribution in [2.24, 2.45) is 0 Å². The third-order valence-electron chi connectivity index (χ3n) is 6.86. The summed E-state index contributed by atoms with van der Waals surface area (Å²) in [5, 5.41) is 9.84. The van der Waals surface area contributed by atoms with E-state index in [4.69, 9.17) is 4.74 Å². The van der Waals surface area contributed by atoms with Crippen molar-refractivity contribution in [1.29, 1.82) is 0 Å². The molecule has 1 N–H and O–H groups in total. The Kier molecular flexibility index (Phi) is 6.80. The van der Waals surface area contributed by atoms with E-state index >= 15 is 0 Å². The van der Waals surface area contributed by atoms with E-state index in [1.54, 1.807) is 19.1 Å². The van der Waals surface area contributed by atoms with Gasteiger partial charge in [-0.1, -0.05) is 6.07 Å². The molecular formula is C25H24F6N2O4. The number of alkyl halides is 6. The molecule has 200 valence electrons. The van der Waals surface area contributed by atoms with Gasteiger partial charge < -0.3 is 9.84 Å². The summed E-state index contributed by atoms with van der Waals surface area (Å²) in [7, 11) is 1.06. The van der Waals surface area contributed by atoms with Crippen LogP contribution in [0.4, 0.5) is 41.6 Å². The number of carbonyl (C=O) groups excluding carboxylic acids is 1. The van der Waals surface area contributed by atoms with Crippen LogP contribution in [0.3, 0.4) is 0 Å². The molecule has 1 heterocycles. The lowest BCUT2D eigenvalue weighted by Crippen LogP contribution is -2.47. The highest BCUT2D eigenvalue weighted by Crippen LogP contribution is 2.44. The van der Waals surface area contributed by atoms with E-state index in [0.29, 0.717) is 23.4 Å². The average Bonchev–Trinajstić information content (AvgIpc) is 3.26. The van der Waals surface area contributed by atoms with Crippen LogP contribution in [0.15, 0.2) is 30.3 Å². The molecule has 1 aliphatic heterocycles. The van der Waals surface area contributed by atoms with Crippen molar-refractivity contribution < 1.29 is 45.8 Å². The molecule has 0 saturated carbocycles. The second-order valence-corrected chi connectivity index (χ2v) is 9.30. The number of aryl methyl sites for hydroxylation is 2. The predicted octanol–water partition coefficient (Wildman–Crippen LogP) is 6.80. The summed E-state index contributed by atoms with van der Waals surface area (Å²) in [5.41, 5.74) is -0.644. The van der Waals surface area contributed by atoms with E-state index in [-0.39, 0.29) is 18.1 Å². The van der Waals surface area contributed by atoms with Crippen molar-refractivity contribution >= 4 is 17.9 Å². The molecule has 6 nitrogen and oxygen atoms in total. The number of hydrogen-bond donors (Lipinski definition) is 1. The van der Waals surface area contributed by atoms with Gasteiger partial charge in [-0.05, 0) is 79.1 Å². The second kappa shape index (κ2) is 9.46. The number of benzene rings is 2. The molecule has 2 aromatic carbocycles. The lowest BCUT2D eigenvalue weighted by molar-refractivity contribution is -0.143. The molecule has 0 unspecified atom stereocenters. The number of carboxylic acid groups (broad SMARTS) is 1. The van der Waals surface area contributed by atoms with E-state index in [1.807, 2.05) is 0 Å². The molecule has 0 fully saturated rings. The Bertz CT molecular complexity index is 1190. The summed E-state index contributed by atoms with van der Waals surface area (Å²) >= 11 is 0. The van der Waals surface area contributed by atoms with E-state index in [9.17, 15) is 41.0 Å². The van der Waals surface area contributed by atoms with E-state index in [1.165, 1.54) is 4.90 Å². The van der Waals surface area contributed by atoms with Crippen LogP contribution in [0.2, 0.25) is 0 Å². The second-order valence-electron chi connectivity index (χ2n) is 9.30. The first-order chi connectivity index (χ1) is 17.2. The fourth-order valence-corrected chi connectivity index (χ4v) is 5.21. The Balaban J connectivity index is 1.83. The maximum atomic E-state index is 13.4. The Morgan fingerprint density at radius 1 is 1.00 bits per heavy atom. The monoisotopic (exact) mass is 530 g/mol. The van der Waals surface area contributed by atoms with Crippen molar-refractivity contribution in [2.45, 2.75) is 63.6 Å². The molecule has 2 amide bonds. The largest absolute Gasteiger partial charge is 0.465 e. The topological polar surface area (TPSA) is 70.1 Å². The SMILES string of the molecule is COC(=O)N(Cc1cc(C(F)(F)F)cc(C(F)(F)F)c1)[C@H]1C[C@@H](C)N(C(=O)O)c2cc3c(cc21)CCC3. The summed E-state index contributed by atoms with van der Waals surface area (Å²) in [6.07, 6.45) is -9.84. The Hall–Kier alpha value is -3.44. The highest BCUT2D eigenvalue weighted by Gasteiger charge is 2.41. The number of halogens is 6. The van der Waals surface area contributed by atoms with Gasteiger partial charge in [0.25, 0.3) is 0 Å². The van der Waals surface area contributed by atoms with Gasteiger partial charge in [0, 0.05) is 12.6 Å². The van der Waals surface area contributed by atoms with Crippen LogP contribution >= 0.6 is 0 Å². The molecule has 12 heteroatoms. The molecule has 0 aromatic heterocycles. The Labute approximate surface area is 208 Å². The molecule has 0 bridgehead atoms. The van der Waals surface area contributed by atoms with Crippen LogP contribution in [-0.4, -0.2) is 35.3 Å². The number of hydrogen-bond acceptors (Lipinski definition) is 3. The van der Waals surface area contributed by atoms with Crippen LogP contribution in [0.1, 0.15) is 59.2 Å². The number of ether oxygens (including phenoxy) is 1. The zero-order valence-corrected chi connectivity index (χ0v) is 19.9. The van der Waals surface area contributed by atoms with Crippen LogP contribution < -0.4 is 4.90 Å². The molecule has 4 rings (SSSR count). The number of carbonyl (C=O) groups is 2. The summed E-state index contributed by atoms with van der Waals surface area (Å²) in [6.45, 7) is 1.01. The van der Waals surface area contributed by atoms with E-state index < -0.39 is 54.3 Å². The average molecular weight is 530 g/mol. The van der Waals surface area contributed by atoms with Gasteiger partial charge in [0.2, 0.25) is 0 Å². The minimum absolute atomic E-state index is 0.0258. The standard InChI is InChI=1S/C25H24F6N2O4/c1-13-6-20(19-9-15-4-3-5-16(15)10-21(19)33(13)22(34)35)32(23(36)37-2)12-14-7-17(24(26,27)28)11-18(8-14)25(29,30)31/h7-11,13,20H,3-6,12H2,1-2H3,(H,34,35)/t13-,20+/m1/s1. The van der Waals surface area contributed by atoms with Gasteiger partial charge in [-0.15, -0.1) is 0 Å². The molecule has 37 heavy (non-hydrogen) atoms. The van der Waals surface area contributed by atoms with Crippen LogP contribution in [0, 0.1) is 0 Å². The number of nitrogens with zero attached hydrogens (tertiary/aromatic N) is 2. The normalized spacial score (nSPS) is 19.3. The number of anilines is 1. The van der Waals surface area contributed by atoms with Gasteiger partial charge in [0.15, 0.2) is 0 Å². The Morgan fingerprint density at radius 2 is 1.57 bits per heavy atom. The number of rotatable bonds is 3. The van der Waals surface area contributed by atoms with E-state index in [0.717, 1.165) is 42.4 Å². The maximum absolute atomic E-state index is 13.4. The summed E-state index contributed by atoms with van der Waals surface area (Å²) in [4.78, 5) is 27.2. The molecule has 2 aromatic rings. The van der Waals surface area contributed by atoms with Gasteiger partial charge in [0.1, 0.15) is 0 Å². The first kappa shape index (κ1) is 26.6. The molecule has 1 aliphatic carbocycles. The lowest BCUT2D eigenvalue weighted by Gasteiger charge is -2.42. The summed E-state index contributed by atoms with van der Waals surface area (Å²) < 4.78 is 85.3. The molecular weight excluding hydrogens is 506 g/mol. The quantitative estimate of drug-likeness (QED) is 0.443. The number of methoxy groups -OCH3 is 1.